The molecule has 2 N–H and O–H groups in total. The fraction of sp³-hybridized carbons (Fsp3) is 0. The first-order valence-corrected chi connectivity index (χ1v) is 3.24. The first-order chi connectivity index (χ1) is 4.61. The van der Waals surface area contributed by atoms with Gasteiger partial charge in [-0.3, -0.25) is 0 Å². The van der Waals surface area contributed by atoms with Gasteiger partial charge in [0.15, 0.2) is 0 Å². The molecular formula is C6H4Cl2O2. The molecule has 0 saturated carbocycles. The van der Waals surface area contributed by atoms with Crippen LogP contribution in [0.1, 0.15) is 0 Å². The van der Waals surface area contributed by atoms with Crippen molar-refractivity contribution in [3.8, 4) is 11.5 Å². The molecule has 0 aliphatic rings. The van der Waals surface area contributed by atoms with Crippen LogP contribution in [0.25, 0.3) is 0 Å². The summed E-state index contributed by atoms with van der Waals surface area (Å²) in [6.45, 7) is 0. The molecule has 0 unspecified atom stereocenters. The lowest BCUT2D eigenvalue weighted by molar-refractivity contribution is 0.451. The number of phenolic OH excluding ortho intramolecular Hbond substituents is 2. The second-order valence-corrected chi connectivity index (χ2v) is 2.57. The first-order valence-electron chi connectivity index (χ1n) is 2.48. The average molecular weight is 179 g/mol. The van der Waals surface area contributed by atoms with Crippen LogP contribution in [0.3, 0.4) is 0 Å². The van der Waals surface area contributed by atoms with Crippen LogP contribution in [0, 0.1) is 0 Å². The molecule has 1 aromatic carbocycles. The number of halogens is 2. The fourth-order valence-electron chi connectivity index (χ4n) is 0.561. The van der Waals surface area contributed by atoms with Gasteiger partial charge in [-0.15, -0.1) is 0 Å². The molecule has 54 valence electrons. The number of phenols is 2. The molecule has 2 nitrogen and oxygen atoms in total. The van der Waals surface area contributed by atoms with E-state index in [1.54, 1.807) is 0 Å². The van der Waals surface area contributed by atoms with Gasteiger partial charge in [-0.05, 0) is 0 Å². The van der Waals surface area contributed by atoms with Gasteiger partial charge in [0.2, 0.25) is 0 Å². The third-order valence-electron chi connectivity index (χ3n) is 0.999. The minimum atomic E-state index is -0.216. The van der Waals surface area contributed by atoms with Crippen LogP contribution in [0.15, 0.2) is 12.1 Å². The maximum Gasteiger partial charge on any atom is 0.139 e. The third kappa shape index (κ3) is 1.28. The van der Waals surface area contributed by atoms with Gasteiger partial charge in [0, 0.05) is 17.2 Å². The summed E-state index contributed by atoms with van der Waals surface area (Å²) >= 11 is 10.8. The molecule has 4 heteroatoms. The highest BCUT2D eigenvalue weighted by Gasteiger charge is 2.04. The summed E-state index contributed by atoms with van der Waals surface area (Å²) in [5.41, 5.74) is 0. The van der Waals surface area contributed by atoms with Crippen molar-refractivity contribution < 1.29 is 10.2 Å². The summed E-state index contributed by atoms with van der Waals surface area (Å²) in [6, 6.07) is 2.51. The van der Waals surface area contributed by atoms with Crippen molar-refractivity contribution in [1.82, 2.24) is 0 Å². The number of hydrogen-bond donors (Lipinski definition) is 2. The van der Waals surface area contributed by atoms with Crippen LogP contribution in [0.5, 0.6) is 11.5 Å². The van der Waals surface area contributed by atoms with E-state index in [2.05, 4.69) is 0 Å². The molecule has 0 spiro atoms. The summed E-state index contributed by atoms with van der Waals surface area (Å²) < 4.78 is 0. The molecule has 0 bridgehead atoms. The maximum atomic E-state index is 8.90. The Kier molecular flexibility index (Phi) is 1.92. The summed E-state index contributed by atoms with van der Waals surface area (Å²) in [5.74, 6) is -0.432. The molecule has 1 aromatic rings. The van der Waals surface area contributed by atoms with E-state index in [1.165, 1.54) is 12.1 Å². The number of rotatable bonds is 0. The van der Waals surface area contributed by atoms with Gasteiger partial charge >= 0.3 is 0 Å². The van der Waals surface area contributed by atoms with Gasteiger partial charge in [-0.25, -0.2) is 0 Å². The minimum Gasteiger partial charge on any atom is -0.506 e. The van der Waals surface area contributed by atoms with Crippen molar-refractivity contribution in [2.75, 3.05) is 0 Å². The predicted molar refractivity (Wildman–Crippen MR) is 39.8 cm³/mol. The highest BCUT2D eigenvalue weighted by atomic mass is 35.5. The van der Waals surface area contributed by atoms with Crippen molar-refractivity contribution >= 4 is 23.2 Å². The van der Waals surface area contributed by atoms with Crippen molar-refractivity contribution in [2.24, 2.45) is 0 Å². The Morgan fingerprint density at radius 1 is 1.00 bits per heavy atom. The molecule has 0 saturated heterocycles. The smallest absolute Gasteiger partial charge is 0.139 e. The Morgan fingerprint density at radius 2 is 1.40 bits per heavy atom. The van der Waals surface area contributed by atoms with Gasteiger partial charge < -0.3 is 10.2 Å². The molecule has 10 heavy (non-hydrogen) atoms. The van der Waals surface area contributed by atoms with Crippen LogP contribution in [-0.4, -0.2) is 10.2 Å². The predicted octanol–water partition coefficient (Wildman–Crippen LogP) is 2.40. The number of benzene rings is 1. The Hall–Kier alpha value is -0.600. The highest BCUT2D eigenvalue weighted by molar-refractivity contribution is 6.35. The average Bonchev–Trinajstić information content (AvgIpc) is 1.82. The van der Waals surface area contributed by atoms with E-state index in [-0.39, 0.29) is 21.5 Å². The lowest BCUT2D eigenvalue weighted by Gasteiger charge is -1.98. The van der Waals surface area contributed by atoms with Crippen LogP contribution >= 0.6 is 23.2 Å². The topological polar surface area (TPSA) is 40.5 Å². The third-order valence-corrected chi connectivity index (χ3v) is 1.60. The van der Waals surface area contributed by atoms with Gasteiger partial charge in [0.05, 0.1) is 0 Å². The van der Waals surface area contributed by atoms with Gasteiger partial charge in [-0.1, -0.05) is 23.2 Å². The quantitative estimate of drug-likeness (QED) is 0.641. The zero-order chi connectivity index (χ0) is 7.72. The summed E-state index contributed by atoms with van der Waals surface area (Å²) in [6.07, 6.45) is 0. The first kappa shape index (κ1) is 7.51. The van der Waals surface area contributed by atoms with E-state index in [0.717, 1.165) is 0 Å². The van der Waals surface area contributed by atoms with E-state index in [4.69, 9.17) is 33.4 Å². The van der Waals surface area contributed by atoms with Crippen LogP contribution in [0.2, 0.25) is 10.0 Å². The normalized spacial score (nSPS) is 9.80. The Balaban J connectivity index is 3.31. The van der Waals surface area contributed by atoms with Gasteiger partial charge in [0.25, 0.3) is 0 Å². The molecule has 0 aliphatic carbocycles. The zero-order valence-corrected chi connectivity index (χ0v) is 6.32. The summed E-state index contributed by atoms with van der Waals surface area (Å²) in [5, 5.41) is 18.0. The molecule has 0 fully saturated rings. The largest absolute Gasteiger partial charge is 0.506 e. The van der Waals surface area contributed by atoms with Crippen molar-refractivity contribution in [2.45, 2.75) is 0 Å². The maximum absolute atomic E-state index is 8.90. The lowest BCUT2D eigenvalue weighted by atomic mass is 10.3. The van der Waals surface area contributed by atoms with Gasteiger partial charge in [0.1, 0.15) is 16.5 Å². The van der Waals surface area contributed by atoms with E-state index in [0.29, 0.717) is 0 Å². The van der Waals surface area contributed by atoms with E-state index >= 15 is 0 Å². The fourth-order valence-corrected chi connectivity index (χ4v) is 0.877. The van der Waals surface area contributed by atoms with Gasteiger partial charge in [-0.2, -0.15) is 0 Å². The van der Waals surface area contributed by atoms with Crippen LogP contribution in [-0.2, 0) is 0 Å². The Labute approximate surface area is 67.6 Å². The van der Waals surface area contributed by atoms with Crippen molar-refractivity contribution in [3.05, 3.63) is 22.2 Å². The molecule has 0 radical (unpaired) electrons. The number of hydrogen-bond acceptors (Lipinski definition) is 2. The molecule has 0 heterocycles. The molecule has 1 rings (SSSR count). The van der Waals surface area contributed by atoms with E-state index in [1.807, 2.05) is 0 Å². The minimum absolute atomic E-state index is 0.0793. The number of aromatic hydroxyl groups is 2. The van der Waals surface area contributed by atoms with E-state index < -0.39 is 0 Å². The summed E-state index contributed by atoms with van der Waals surface area (Å²) in [4.78, 5) is 0. The molecule has 0 aliphatic heterocycles. The van der Waals surface area contributed by atoms with Crippen molar-refractivity contribution in [1.29, 1.82) is 0 Å². The Bertz CT molecular complexity index is 237. The molecule has 0 amide bonds. The lowest BCUT2D eigenvalue weighted by Crippen LogP contribution is -1.70. The summed E-state index contributed by atoms with van der Waals surface area (Å²) in [7, 11) is 0. The van der Waals surface area contributed by atoms with Crippen LogP contribution in [0.4, 0.5) is 0 Å². The highest BCUT2D eigenvalue weighted by Crippen LogP contribution is 2.34. The standard InChI is InChI=1S/C6H4Cl2O2/c7-3-1-4(9)6(8)5(10)2-3/h1-2,9-10H. The monoisotopic (exact) mass is 178 g/mol. The zero-order valence-electron chi connectivity index (χ0n) is 4.81. The molecule has 0 aromatic heterocycles. The molecular weight excluding hydrogens is 175 g/mol. The SMILES string of the molecule is Oc1cc(Cl)cc(O)c1Cl. The van der Waals surface area contributed by atoms with E-state index in [9.17, 15) is 0 Å². The second kappa shape index (κ2) is 2.56. The van der Waals surface area contributed by atoms with Crippen LogP contribution < -0.4 is 0 Å². The second-order valence-electron chi connectivity index (χ2n) is 1.76. The Morgan fingerprint density at radius 3 is 1.80 bits per heavy atom. The van der Waals surface area contributed by atoms with Crippen molar-refractivity contribution in [3.63, 3.8) is 0 Å². The molecule has 0 atom stereocenters.